The highest BCUT2D eigenvalue weighted by atomic mass is 35.5. The Labute approximate surface area is 125 Å². The summed E-state index contributed by atoms with van der Waals surface area (Å²) in [5.41, 5.74) is 6.94. The monoisotopic (exact) mass is 295 g/mol. The lowest BCUT2D eigenvalue weighted by molar-refractivity contribution is -0.121. The lowest BCUT2D eigenvalue weighted by Gasteiger charge is -2.30. The molecule has 1 aliphatic carbocycles. The lowest BCUT2D eigenvalue weighted by atomic mass is 10.1. The third kappa shape index (κ3) is 3.44. The van der Waals surface area contributed by atoms with E-state index in [2.05, 4.69) is 17.1 Å². The summed E-state index contributed by atoms with van der Waals surface area (Å²) in [6.45, 7) is 4.09. The van der Waals surface area contributed by atoms with Gasteiger partial charge in [0.25, 0.3) is 0 Å². The van der Waals surface area contributed by atoms with E-state index in [1.54, 1.807) is 18.2 Å². The van der Waals surface area contributed by atoms with Gasteiger partial charge in [-0.3, -0.25) is 9.69 Å². The Bertz CT molecular complexity index is 502. The minimum atomic E-state index is -0.205. The van der Waals surface area contributed by atoms with E-state index in [0.29, 0.717) is 22.4 Å². The molecule has 0 saturated heterocycles. The minimum absolute atomic E-state index is 0.0611. The summed E-state index contributed by atoms with van der Waals surface area (Å²) in [5, 5.41) is 3.41. The van der Waals surface area contributed by atoms with Gasteiger partial charge < -0.3 is 11.1 Å². The first-order valence-electron chi connectivity index (χ1n) is 6.98. The maximum Gasteiger partial charge on any atom is 0.241 e. The summed E-state index contributed by atoms with van der Waals surface area (Å²) >= 11 is 5.93. The zero-order valence-electron chi connectivity index (χ0n) is 12.2. The number of nitrogens with zero attached hydrogens (tertiary/aromatic N) is 1. The molecule has 3 N–H and O–H groups in total. The van der Waals surface area contributed by atoms with Crippen molar-refractivity contribution in [1.82, 2.24) is 4.90 Å². The number of amides is 1. The smallest absolute Gasteiger partial charge is 0.241 e. The van der Waals surface area contributed by atoms with Crippen molar-refractivity contribution in [3.05, 3.63) is 23.2 Å². The fourth-order valence-electron chi connectivity index (χ4n) is 2.32. The number of nitrogens with one attached hydrogen (secondary N) is 1. The molecule has 20 heavy (non-hydrogen) atoms. The number of benzene rings is 1. The van der Waals surface area contributed by atoms with Crippen LogP contribution in [-0.4, -0.2) is 29.9 Å². The van der Waals surface area contributed by atoms with Crippen LogP contribution in [0.1, 0.15) is 26.7 Å². The Morgan fingerprint density at radius 1 is 1.45 bits per heavy atom. The molecule has 1 aromatic rings. The van der Waals surface area contributed by atoms with Crippen molar-refractivity contribution in [3.63, 3.8) is 0 Å². The second-order valence-electron chi connectivity index (χ2n) is 5.64. The minimum Gasteiger partial charge on any atom is -0.397 e. The molecule has 1 amide bonds. The number of nitrogen functional groups attached to an aromatic ring is 1. The number of likely N-dealkylation sites (N-methyl/N-ethyl adjacent to an activating group) is 1. The number of halogens is 1. The molecule has 1 aliphatic rings. The molecule has 0 radical (unpaired) electrons. The van der Waals surface area contributed by atoms with Gasteiger partial charge in [-0.05, 0) is 57.9 Å². The highest BCUT2D eigenvalue weighted by Crippen LogP contribution is 2.35. The fraction of sp³-hybridized carbons (Fsp3) is 0.533. The van der Waals surface area contributed by atoms with E-state index in [4.69, 9.17) is 17.3 Å². The van der Waals surface area contributed by atoms with Crippen LogP contribution < -0.4 is 11.1 Å². The van der Waals surface area contributed by atoms with Crippen molar-refractivity contribution in [2.75, 3.05) is 18.1 Å². The maximum atomic E-state index is 12.3. The Morgan fingerprint density at radius 2 is 2.10 bits per heavy atom. The second-order valence-corrected chi connectivity index (χ2v) is 6.08. The van der Waals surface area contributed by atoms with Gasteiger partial charge >= 0.3 is 0 Å². The molecule has 4 nitrogen and oxygen atoms in total. The van der Waals surface area contributed by atoms with Crippen LogP contribution in [0.3, 0.4) is 0 Å². The zero-order chi connectivity index (χ0) is 14.9. The highest BCUT2D eigenvalue weighted by Gasteiger charge is 2.33. The van der Waals surface area contributed by atoms with Crippen LogP contribution in [0.5, 0.6) is 0 Å². The topological polar surface area (TPSA) is 58.4 Å². The quantitative estimate of drug-likeness (QED) is 0.821. The molecular weight excluding hydrogens is 274 g/mol. The van der Waals surface area contributed by atoms with Crippen molar-refractivity contribution < 1.29 is 4.79 Å². The van der Waals surface area contributed by atoms with Gasteiger partial charge in [0, 0.05) is 11.1 Å². The van der Waals surface area contributed by atoms with Crippen LogP contribution in [0.25, 0.3) is 0 Å². The summed E-state index contributed by atoms with van der Waals surface area (Å²) in [6.07, 6.45) is 2.53. The average molecular weight is 296 g/mol. The third-order valence-electron chi connectivity index (χ3n) is 4.21. The Hall–Kier alpha value is -1.26. The summed E-state index contributed by atoms with van der Waals surface area (Å²) < 4.78 is 0. The van der Waals surface area contributed by atoms with Crippen LogP contribution in [0.15, 0.2) is 18.2 Å². The van der Waals surface area contributed by atoms with Crippen molar-refractivity contribution in [1.29, 1.82) is 0 Å². The molecular formula is C15H22ClN3O. The normalized spacial score (nSPS) is 17.9. The van der Waals surface area contributed by atoms with E-state index in [1.165, 1.54) is 12.8 Å². The van der Waals surface area contributed by atoms with Gasteiger partial charge in [0.1, 0.15) is 0 Å². The molecule has 0 spiro atoms. The van der Waals surface area contributed by atoms with Crippen molar-refractivity contribution >= 4 is 28.9 Å². The third-order valence-corrected chi connectivity index (χ3v) is 4.45. The number of anilines is 2. The Morgan fingerprint density at radius 3 is 2.70 bits per heavy atom. The van der Waals surface area contributed by atoms with Crippen molar-refractivity contribution in [2.24, 2.45) is 5.92 Å². The largest absolute Gasteiger partial charge is 0.397 e. The Balaban J connectivity index is 2.01. The molecule has 0 aromatic heterocycles. The summed E-state index contributed by atoms with van der Waals surface area (Å²) in [6, 6.07) is 5.29. The maximum absolute atomic E-state index is 12.3. The number of carbonyl (C=O) groups excluding carboxylic acids is 1. The molecule has 2 atom stereocenters. The van der Waals surface area contributed by atoms with Gasteiger partial charge in [-0.15, -0.1) is 0 Å². The second kappa shape index (κ2) is 6.02. The van der Waals surface area contributed by atoms with E-state index < -0.39 is 0 Å². The molecule has 5 heteroatoms. The number of hydrogen-bond acceptors (Lipinski definition) is 3. The van der Waals surface area contributed by atoms with Crippen molar-refractivity contribution in [2.45, 2.75) is 38.8 Å². The van der Waals surface area contributed by atoms with Crippen LogP contribution in [0.4, 0.5) is 11.4 Å². The highest BCUT2D eigenvalue weighted by molar-refractivity contribution is 6.31. The predicted octanol–water partition coefficient (Wildman–Crippen LogP) is 2.98. The van der Waals surface area contributed by atoms with E-state index in [9.17, 15) is 4.79 Å². The summed E-state index contributed by atoms with van der Waals surface area (Å²) in [4.78, 5) is 14.4. The first kappa shape index (κ1) is 15.1. The number of hydrogen-bond donors (Lipinski definition) is 2. The van der Waals surface area contributed by atoms with Crippen LogP contribution in [0.2, 0.25) is 5.02 Å². The van der Waals surface area contributed by atoms with E-state index in [1.807, 2.05) is 14.0 Å². The summed E-state index contributed by atoms with van der Waals surface area (Å²) in [7, 11) is 1.99. The van der Waals surface area contributed by atoms with Gasteiger partial charge in [-0.2, -0.15) is 0 Å². The van der Waals surface area contributed by atoms with Gasteiger partial charge in [-0.25, -0.2) is 0 Å². The molecule has 1 saturated carbocycles. The lowest BCUT2D eigenvalue weighted by Crippen LogP contribution is -2.45. The van der Waals surface area contributed by atoms with Crippen LogP contribution in [-0.2, 0) is 4.79 Å². The van der Waals surface area contributed by atoms with Crippen molar-refractivity contribution in [3.8, 4) is 0 Å². The molecule has 1 fully saturated rings. The first-order chi connectivity index (χ1) is 9.40. The number of carbonyl (C=O) groups is 1. The van der Waals surface area contributed by atoms with E-state index in [0.717, 1.165) is 5.92 Å². The predicted molar refractivity (Wildman–Crippen MR) is 83.9 cm³/mol. The molecule has 2 unspecified atom stereocenters. The van der Waals surface area contributed by atoms with E-state index >= 15 is 0 Å². The molecule has 1 aromatic carbocycles. The molecule has 110 valence electrons. The molecule has 0 heterocycles. The fourth-order valence-corrected chi connectivity index (χ4v) is 2.49. The van der Waals surface area contributed by atoms with Crippen LogP contribution in [0, 0.1) is 5.92 Å². The SMILES string of the molecule is CC(C(=O)Nc1cc(Cl)ccc1N)N(C)C(C)C1CC1. The zero-order valence-corrected chi connectivity index (χ0v) is 12.9. The Kier molecular flexibility index (Phi) is 4.55. The summed E-state index contributed by atoms with van der Waals surface area (Å²) in [5.74, 6) is 0.667. The van der Waals surface area contributed by atoms with Crippen LogP contribution >= 0.6 is 11.6 Å². The molecule has 2 rings (SSSR count). The standard InChI is InChI=1S/C15H22ClN3O/c1-9(11-4-5-11)19(3)10(2)15(20)18-14-8-12(16)6-7-13(14)17/h6-11H,4-5,17H2,1-3H3,(H,18,20). The molecule has 0 aliphatic heterocycles. The molecule has 0 bridgehead atoms. The van der Waals surface area contributed by atoms with Gasteiger partial charge in [-0.1, -0.05) is 11.6 Å². The van der Waals surface area contributed by atoms with Gasteiger partial charge in [0.05, 0.1) is 17.4 Å². The van der Waals surface area contributed by atoms with Gasteiger partial charge in [0.15, 0.2) is 0 Å². The van der Waals surface area contributed by atoms with E-state index in [-0.39, 0.29) is 11.9 Å². The number of rotatable bonds is 5. The van der Waals surface area contributed by atoms with Gasteiger partial charge in [0.2, 0.25) is 5.91 Å². The first-order valence-corrected chi connectivity index (χ1v) is 7.35. The average Bonchev–Trinajstić information content (AvgIpc) is 3.24. The number of nitrogens with two attached hydrogens (primary N) is 1.